The summed E-state index contributed by atoms with van der Waals surface area (Å²) in [5, 5.41) is 12.9. The molecule has 0 aliphatic carbocycles. The summed E-state index contributed by atoms with van der Waals surface area (Å²) in [6.45, 7) is 37.6. The number of hydrogen-bond acceptors (Lipinski definition) is 18. The van der Waals surface area contributed by atoms with E-state index >= 15 is 0 Å². The molecule has 0 saturated heterocycles. The minimum absolute atomic E-state index is 0. The number of rotatable bonds is 21. The largest absolute Gasteiger partial charge is 0.473 e. The molecule has 690 valence electrons. The number of carbonyl (C=O) groups excluding carboxylic acids is 6. The summed E-state index contributed by atoms with van der Waals surface area (Å²) < 4.78 is 23.3. The maximum absolute atomic E-state index is 12.7. The first kappa shape index (κ1) is 117. The van der Waals surface area contributed by atoms with Crippen LogP contribution in [0.5, 0.6) is 11.8 Å². The Labute approximate surface area is 788 Å². The van der Waals surface area contributed by atoms with Crippen LogP contribution in [0.1, 0.15) is 185 Å². The van der Waals surface area contributed by atoms with Gasteiger partial charge in [-0.3, -0.25) is 57.8 Å². The highest BCUT2D eigenvalue weighted by atomic mass is 79.9. The number of benzene rings is 10. The fourth-order valence-corrected chi connectivity index (χ4v) is 12.2. The van der Waals surface area contributed by atoms with Crippen LogP contribution in [0.2, 0.25) is 0 Å². The van der Waals surface area contributed by atoms with Crippen molar-refractivity contribution in [1.82, 2.24) is 24.0 Å². The van der Waals surface area contributed by atoms with Crippen LogP contribution >= 0.6 is 52.1 Å². The van der Waals surface area contributed by atoms with E-state index < -0.39 is 23.1 Å². The SMILES string of the molecule is Br.CC.CC.CC.CC.CC.CC.CC(=N)SCc1ccc2ccccc2c1.CC1=NC(=O)CC(=O)N1Cc1ccccc1.COC(=O)CC(=O)Cl.COC(=O)CC(=O)N=C(C)SCc1ccc2ccccc2c1.Cc1c(OCc2ccccc2)nc(C)n(Cc2ccccc2)c1=O.Cc1nc(OCc2ccccc2)cc(=O)n1Cc1ccccc1.NCc1ccccc1. The Morgan fingerprint density at radius 1 is 0.450 bits per heavy atom. The van der Waals surface area contributed by atoms with E-state index in [9.17, 15) is 38.4 Å². The van der Waals surface area contributed by atoms with Gasteiger partial charge in [-0.05, 0) is 119 Å². The second-order valence-electron chi connectivity index (χ2n) is 25.8. The lowest BCUT2D eigenvalue weighted by molar-refractivity contribution is -0.144. The number of nitrogens with one attached hydrogen (secondary N) is 1. The third-order valence-corrected chi connectivity index (χ3v) is 19.0. The quantitative estimate of drug-likeness (QED) is 0.0222. The van der Waals surface area contributed by atoms with E-state index in [1.807, 2.05) is 298 Å². The van der Waals surface area contributed by atoms with Crippen molar-refractivity contribution in [3.63, 3.8) is 0 Å². The van der Waals surface area contributed by atoms with Gasteiger partial charge in [0.05, 0.1) is 55.6 Å². The number of fused-ring (bicyclic) bond motifs is 2. The van der Waals surface area contributed by atoms with Gasteiger partial charge in [0.25, 0.3) is 22.9 Å². The number of methoxy groups -OCH3 is 2. The highest BCUT2D eigenvalue weighted by Crippen LogP contribution is 2.23. The molecule has 0 saturated carbocycles. The molecule has 0 spiro atoms. The van der Waals surface area contributed by atoms with Crippen molar-refractivity contribution < 1.29 is 47.7 Å². The molecule has 0 bridgehead atoms. The normalized spacial score (nSPS) is 10.4. The lowest BCUT2D eigenvalue weighted by atomic mass is 10.1. The lowest BCUT2D eigenvalue weighted by Gasteiger charge is -2.24. The first-order valence-electron chi connectivity index (χ1n) is 42.9. The minimum atomic E-state index is -0.697. The van der Waals surface area contributed by atoms with Gasteiger partial charge in [-0.1, -0.05) is 350 Å². The van der Waals surface area contributed by atoms with Crippen molar-refractivity contribution in [3.8, 4) is 11.8 Å². The zero-order valence-corrected chi connectivity index (χ0v) is 82.6. The zero-order chi connectivity index (χ0) is 95.6. The highest BCUT2D eigenvalue weighted by Gasteiger charge is 2.25. The summed E-state index contributed by atoms with van der Waals surface area (Å²) in [7, 11) is 2.45. The summed E-state index contributed by atoms with van der Waals surface area (Å²) in [6, 6.07) is 89.8. The Morgan fingerprint density at radius 2 is 0.822 bits per heavy atom. The van der Waals surface area contributed by atoms with E-state index in [0.717, 1.165) is 39.3 Å². The van der Waals surface area contributed by atoms with Crippen molar-refractivity contribution >= 4 is 124 Å². The van der Waals surface area contributed by atoms with Gasteiger partial charge in [-0.25, -0.2) is 9.98 Å². The first-order chi connectivity index (χ1) is 62.0. The predicted octanol–water partition coefficient (Wildman–Crippen LogP) is 23.9. The van der Waals surface area contributed by atoms with Crippen molar-refractivity contribution in [1.29, 1.82) is 5.41 Å². The van der Waals surface area contributed by atoms with Crippen LogP contribution < -0.4 is 26.3 Å². The second kappa shape index (κ2) is 70.9. The molecule has 0 fully saturated rings. The van der Waals surface area contributed by atoms with E-state index in [2.05, 4.69) is 102 Å². The van der Waals surface area contributed by atoms with Gasteiger partial charge in [0, 0.05) is 18.1 Å². The highest BCUT2D eigenvalue weighted by molar-refractivity contribution is 8.93. The van der Waals surface area contributed by atoms with E-state index in [0.29, 0.717) is 84.3 Å². The number of thioether (sulfide) groups is 2. The number of halogens is 2. The number of hydrogen-bond donors (Lipinski definition) is 2. The van der Waals surface area contributed by atoms with Crippen molar-refractivity contribution in [2.45, 2.75) is 195 Å². The van der Waals surface area contributed by atoms with Gasteiger partial charge < -0.3 is 24.7 Å². The van der Waals surface area contributed by atoms with Crippen LogP contribution in [0, 0.1) is 26.2 Å². The molecule has 129 heavy (non-hydrogen) atoms. The van der Waals surface area contributed by atoms with E-state index in [4.69, 9.17) is 32.2 Å². The molecule has 1 aliphatic heterocycles. The monoisotopic (exact) mass is 1880 g/mol. The molecule has 3 amide bonds. The molecule has 10 aromatic carbocycles. The number of aliphatic imine (C=N–C) groups is 2. The molecule has 3 N–H and O–H groups in total. The zero-order valence-electron chi connectivity index (χ0n) is 78.5. The Balaban J connectivity index is 0.00000149. The maximum atomic E-state index is 12.7. The fraction of sp³-hybridized carbons (Fsp3) is 0.298. The number of aryl methyl sites for hydroxylation is 2. The summed E-state index contributed by atoms with van der Waals surface area (Å²) in [4.78, 5) is 108. The molecule has 0 radical (unpaired) electrons. The first-order valence-corrected chi connectivity index (χ1v) is 45.2. The van der Waals surface area contributed by atoms with E-state index in [-0.39, 0.29) is 59.2 Å². The second-order valence-corrected chi connectivity index (χ2v) is 28.6. The van der Waals surface area contributed by atoms with Crippen molar-refractivity contribution in [2.24, 2.45) is 15.7 Å². The van der Waals surface area contributed by atoms with E-state index in [1.165, 1.54) is 75.2 Å². The third kappa shape index (κ3) is 47.5. The van der Waals surface area contributed by atoms with Gasteiger partial charge in [0.1, 0.15) is 50.0 Å². The average Bonchev–Trinajstić information content (AvgIpc) is 0.808. The fourth-order valence-electron chi connectivity index (χ4n) is 10.8. The number of aromatic nitrogens is 4. The molecular weight excluding hydrogens is 1750 g/mol. The summed E-state index contributed by atoms with van der Waals surface area (Å²) in [5.41, 5.74) is 14.6. The number of carbonyl (C=O) groups is 6. The van der Waals surface area contributed by atoms with Crippen molar-refractivity contribution in [3.05, 3.63) is 355 Å². The molecule has 0 atom stereocenters. The van der Waals surface area contributed by atoms with Crippen LogP contribution in [0.4, 0.5) is 0 Å². The Bertz CT molecular complexity index is 5410. The third-order valence-electron chi connectivity index (χ3n) is 16.9. The molecule has 13 rings (SSSR count). The summed E-state index contributed by atoms with van der Waals surface area (Å²) in [6.07, 6.45) is -0.785. The molecule has 3 heterocycles. The van der Waals surface area contributed by atoms with Crippen LogP contribution in [-0.4, -0.2) is 89.0 Å². The molecule has 12 aromatic rings. The summed E-state index contributed by atoms with van der Waals surface area (Å²) in [5.74, 6) is 1.97. The van der Waals surface area contributed by atoms with E-state index in [1.54, 1.807) is 41.7 Å². The summed E-state index contributed by atoms with van der Waals surface area (Å²) >= 11 is 7.87. The average molecular weight is 1880 g/mol. The molecule has 2 aromatic heterocycles. The van der Waals surface area contributed by atoms with Gasteiger partial charge in [-0.2, -0.15) is 9.98 Å². The molecule has 21 nitrogen and oxygen atoms in total. The van der Waals surface area contributed by atoms with Gasteiger partial charge in [-0.15, -0.1) is 40.5 Å². The number of amidine groups is 1. The van der Waals surface area contributed by atoms with Crippen LogP contribution in [0.15, 0.2) is 293 Å². The Kier molecular flexibility index (Phi) is 64.3. The van der Waals surface area contributed by atoms with Crippen LogP contribution in [-0.2, 0) is 89.1 Å². The van der Waals surface area contributed by atoms with Crippen LogP contribution in [0.3, 0.4) is 0 Å². The van der Waals surface area contributed by atoms with Crippen LogP contribution in [0.25, 0.3) is 21.5 Å². The smallest absolute Gasteiger partial charge is 0.315 e. The standard InChI is InChI=1S/C20H20N2O2.C19H18N2O2.C17H17NO3S.C13H13NS.C12H12N2O2.C7H9N.C4H5ClO3.6C2H6.BrH/c1-15-19(24-14-18-11-7-4-8-12-18)21-16(2)22(20(15)23)13-17-9-5-3-6-10-17;1-15-20-18(23-14-17-10-6-3-7-11-17)12-19(22)21(15)13-16-8-4-2-5-9-16;1-12(18-16(19)10-17(20)21-2)22-11-13-7-8-14-5-3-4-6-15(14)9-13;1-10(14)15-9-11-6-7-12-4-2-3-5-13(12)8-11;1-9-13-11(15)7-12(16)14(9)8-10-5-3-2-4-6-10;8-6-7-4-2-1-3-5-7;1-8-4(7)2-3(5)6;6*1-2;/h3-12H,13-14H2,1-2H3;2-12H,13-14H2,1H3;3-9H,10-11H2,1-2H3;2-8,14H,9H2,1H3;2-6H,7-8H2,1H3;1-5H,6,8H2;2H2,1H3;6*1-2H3;1H. The number of nitrogens with two attached hydrogens (primary N) is 1. The molecule has 25 heteroatoms. The number of esters is 2. The Hall–Kier alpha value is -12.1. The molecule has 1 aliphatic rings. The molecule has 0 unspecified atom stereocenters. The van der Waals surface area contributed by atoms with Gasteiger partial charge >= 0.3 is 11.9 Å². The Morgan fingerprint density at radius 3 is 1.21 bits per heavy atom. The number of amides is 3. The maximum Gasteiger partial charge on any atom is 0.315 e. The number of nitrogens with zero attached hydrogens (tertiary/aromatic N) is 7. The number of ether oxygens (including phenoxy) is 4. The minimum Gasteiger partial charge on any atom is -0.473 e. The lowest BCUT2D eigenvalue weighted by Crippen LogP contribution is -2.39. The van der Waals surface area contributed by atoms with Gasteiger partial charge in [0.15, 0.2) is 0 Å². The molecular formula is C104H131BrClN9O12S2. The van der Waals surface area contributed by atoms with Crippen molar-refractivity contribution in [2.75, 3.05) is 14.2 Å². The predicted molar refractivity (Wildman–Crippen MR) is 542 cm³/mol. The topological polar surface area (TPSA) is 287 Å². The van der Waals surface area contributed by atoms with Gasteiger partial charge in [0.2, 0.25) is 22.9 Å².